The Labute approximate surface area is 123 Å². The van der Waals surface area contributed by atoms with Crippen LogP contribution in [0, 0.1) is 13.8 Å². The number of hydrogen-bond donors (Lipinski definition) is 1. The largest absolute Gasteiger partial charge is 0.496 e. The molecule has 0 radical (unpaired) electrons. The minimum Gasteiger partial charge on any atom is -0.496 e. The molecule has 2 rings (SSSR count). The van der Waals surface area contributed by atoms with Gasteiger partial charge in [-0.2, -0.15) is 0 Å². The predicted molar refractivity (Wildman–Crippen MR) is 82.3 cm³/mol. The van der Waals surface area contributed by atoms with Gasteiger partial charge in [0.15, 0.2) is 0 Å². The Kier molecular flexibility index (Phi) is 4.86. The number of benzene rings is 1. The summed E-state index contributed by atoms with van der Waals surface area (Å²) in [5.74, 6) is 0.832. The summed E-state index contributed by atoms with van der Waals surface area (Å²) in [7, 11) is 1.67. The second kappa shape index (κ2) is 6.42. The normalized spacial score (nSPS) is 10.7. The smallest absolute Gasteiger partial charge is 0.124 e. The van der Waals surface area contributed by atoms with Crippen molar-refractivity contribution in [2.75, 3.05) is 7.11 Å². The van der Waals surface area contributed by atoms with Gasteiger partial charge < -0.3 is 10.1 Å². The topological polar surface area (TPSA) is 21.3 Å². The van der Waals surface area contributed by atoms with Gasteiger partial charge in [-0.25, -0.2) is 0 Å². The van der Waals surface area contributed by atoms with Gasteiger partial charge in [-0.05, 0) is 37.6 Å². The summed E-state index contributed by atoms with van der Waals surface area (Å²) in [6, 6.07) is 7.95. The lowest BCUT2D eigenvalue weighted by Gasteiger charge is -2.10. The maximum Gasteiger partial charge on any atom is 0.124 e. The third-order valence-electron chi connectivity index (χ3n) is 3.11. The van der Waals surface area contributed by atoms with Gasteiger partial charge in [0.2, 0.25) is 0 Å². The highest BCUT2D eigenvalue weighted by atomic mass is 35.5. The fraction of sp³-hybridized carbons (Fsp3) is 0.333. The van der Waals surface area contributed by atoms with Gasteiger partial charge in [0, 0.05) is 33.4 Å². The lowest BCUT2D eigenvalue weighted by atomic mass is 10.2. The molecule has 102 valence electrons. The Hall–Kier alpha value is -1.03. The molecule has 2 nitrogen and oxygen atoms in total. The molecule has 0 aliphatic rings. The van der Waals surface area contributed by atoms with E-state index in [1.54, 1.807) is 7.11 Å². The molecule has 0 amide bonds. The van der Waals surface area contributed by atoms with E-state index in [2.05, 4.69) is 25.2 Å². The molecule has 4 heteroatoms. The summed E-state index contributed by atoms with van der Waals surface area (Å²) in [4.78, 5) is 2.73. The molecule has 0 unspecified atom stereocenters. The predicted octanol–water partition coefficient (Wildman–Crippen LogP) is 4.32. The number of thiophene rings is 1. The van der Waals surface area contributed by atoms with Crippen LogP contribution in [0.3, 0.4) is 0 Å². The molecule has 0 saturated heterocycles. The third-order valence-corrected chi connectivity index (χ3v) is 4.62. The first-order chi connectivity index (χ1) is 9.11. The maximum atomic E-state index is 6.20. The molecule has 19 heavy (non-hydrogen) atoms. The van der Waals surface area contributed by atoms with E-state index < -0.39 is 0 Å². The van der Waals surface area contributed by atoms with E-state index in [0.717, 1.165) is 22.9 Å². The summed E-state index contributed by atoms with van der Waals surface area (Å²) < 4.78 is 5.33. The molecule has 0 atom stereocenters. The van der Waals surface area contributed by atoms with Crippen LogP contribution in [0.2, 0.25) is 5.02 Å². The fourth-order valence-corrected chi connectivity index (χ4v) is 3.21. The van der Waals surface area contributed by atoms with Crippen LogP contribution < -0.4 is 10.1 Å². The highest BCUT2D eigenvalue weighted by molar-refractivity contribution is 7.12. The number of methoxy groups -OCH3 is 1. The zero-order valence-corrected chi connectivity index (χ0v) is 13.0. The van der Waals surface area contributed by atoms with E-state index in [-0.39, 0.29) is 0 Å². The van der Waals surface area contributed by atoms with Crippen LogP contribution in [0.15, 0.2) is 24.3 Å². The van der Waals surface area contributed by atoms with Crippen molar-refractivity contribution in [3.05, 3.63) is 50.2 Å². The van der Waals surface area contributed by atoms with Gasteiger partial charge in [-0.1, -0.05) is 17.7 Å². The first-order valence-electron chi connectivity index (χ1n) is 6.20. The average molecular weight is 296 g/mol. The Morgan fingerprint density at radius 1 is 1.26 bits per heavy atom. The molecule has 1 aromatic carbocycles. The molecule has 0 aliphatic heterocycles. The van der Waals surface area contributed by atoms with Crippen molar-refractivity contribution in [3.8, 4) is 5.75 Å². The van der Waals surface area contributed by atoms with Gasteiger partial charge in [-0.15, -0.1) is 11.3 Å². The quantitative estimate of drug-likeness (QED) is 0.887. The van der Waals surface area contributed by atoms with Crippen LogP contribution in [-0.2, 0) is 13.1 Å². The lowest BCUT2D eigenvalue weighted by Crippen LogP contribution is -2.13. The third kappa shape index (κ3) is 3.50. The fourth-order valence-electron chi connectivity index (χ4n) is 1.95. The first kappa shape index (κ1) is 14.4. The molecule has 0 spiro atoms. The van der Waals surface area contributed by atoms with E-state index in [9.17, 15) is 0 Å². The van der Waals surface area contributed by atoms with Gasteiger partial charge in [-0.3, -0.25) is 0 Å². The van der Waals surface area contributed by atoms with Crippen LogP contribution in [0.5, 0.6) is 5.75 Å². The summed E-state index contributed by atoms with van der Waals surface area (Å²) in [5, 5.41) is 4.16. The van der Waals surface area contributed by atoms with E-state index in [1.165, 1.54) is 15.3 Å². The molecule has 0 fully saturated rings. The number of halogens is 1. The van der Waals surface area contributed by atoms with Gasteiger partial charge in [0.25, 0.3) is 0 Å². The second-order valence-electron chi connectivity index (χ2n) is 4.48. The maximum absolute atomic E-state index is 6.20. The molecule has 2 aromatic rings. The summed E-state index contributed by atoms with van der Waals surface area (Å²) in [5.41, 5.74) is 2.37. The van der Waals surface area contributed by atoms with Crippen LogP contribution >= 0.6 is 22.9 Å². The Balaban J connectivity index is 1.99. The first-order valence-corrected chi connectivity index (χ1v) is 7.39. The van der Waals surface area contributed by atoms with E-state index in [0.29, 0.717) is 6.54 Å². The van der Waals surface area contributed by atoms with Gasteiger partial charge in [0.1, 0.15) is 5.75 Å². The Bertz CT molecular complexity index is 546. The molecule has 1 heterocycles. The van der Waals surface area contributed by atoms with Crippen molar-refractivity contribution in [2.24, 2.45) is 0 Å². The molecule has 0 saturated carbocycles. The summed E-state index contributed by atoms with van der Waals surface area (Å²) in [6.45, 7) is 5.86. The minimum absolute atomic E-state index is 0.707. The number of rotatable bonds is 5. The van der Waals surface area contributed by atoms with Crippen LogP contribution in [-0.4, -0.2) is 7.11 Å². The highest BCUT2D eigenvalue weighted by Crippen LogP contribution is 2.26. The lowest BCUT2D eigenvalue weighted by molar-refractivity contribution is 0.408. The molecular formula is C15H18ClNOS. The number of nitrogens with one attached hydrogen (secondary N) is 1. The van der Waals surface area contributed by atoms with E-state index >= 15 is 0 Å². The molecule has 1 N–H and O–H groups in total. The van der Waals surface area contributed by atoms with E-state index in [4.69, 9.17) is 16.3 Å². The van der Waals surface area contributed by atoms with Crippen LogP contribution in [0.4, 0.5) is 0 Å². The van der Waals surface area contributed by atoms with Crippen LogP contribution in [0.1, 0.15) is 20.9 Å². The summed E-state index contributed by atoms with van der Waals surface area (Å²) in [6.07, 6.45) is 0. The molecule has 0 bridgehead atoms. The monoisotopic (exact) mass is 295 g/mol. The van der Waals surface area contributed by atoms with Crippen molar-refractivity contribution < 1.29 is 4.74 Å². The van der Waals surface area contributed by atoms with Crippen molar-refractivity contribution >= 4 is 22.9 Å². The second-order valence-corrected chi connectivity index (χ2v) is 6.22. The zero-order chi connectivity index (χ0) is 13.8. The molecular weight excluding hydrogens is 278 g/mol. The standard InChI is InChI=1S/C15H18ClNOS/c1-10-7-12(19-11(10)2)8-17-9-13-14(16)5-4-6-15(13)18-3/h4-7,17H,8-9H2,1-3H3. The zero-order valence-electron chi connectivity index (χ0n) is 11.4. The van der Waals surface area contributed by atoms with Crippen molar-refractivity contribution in [1.29, 1.82) is 0 Å². The van der Waals surface area contributed by atoms with Gasteiger partial charge >= 0.3 is 0 Å². The van der Waals surface area contributed by atoms with E-state index in [1.807, 2.05) is 29.5 Å². The number of aryl methyl sites for hydroxylation is 2. The molecule has 1 aromatic heterocycles. The van der Waals surface area contributed by atoms with Crippen molar-refractivity contribution in [3.63, 3.8) is 0 Å². The Morgan fingerprint density at radius 3 is 2.68 bits per heavy atom. The van der Waals surface area contributed by atoms with Crippen molar-refractivity contribution in [2.45, 2.75) is 26.9 Å². The van der Waals surface area contributed by atoms with Gasteiger partial charge in [0.05, 0.1) is 7.11 Å². The van der Waals surface area contributed by atoms with Crippen molar-refractivity contribution in [1.82, 2.24) is 5.32 Å². The van der Waals surface area contributed by atoms with Crippen LogP contribution in [0.25, 0.3) is 0 Å². The summed E-state index contributed by atoms with van der Waals surface area (Å²) >= 11 is 8.04. The number of hydrogen-bond acceptors (Lipinski definition) is 3. The molecule has 0 aliphatic carbocycles. The Morgan fingerprint density at radius 2 is 2.05 bits per heavy atom. The number of ether oxygens (including phenoxy) is 1. The minimum atomic E-state index is 0.707. The average Bonchev–Trinajstić information content (AvgIpc) is 2.70. The SMILES string of the molecule is COc1cccc(Cl)c1CNCc1cc(C)c(C)s1. The highest BCUT2D eigenvalue weighted by Gasteiger charge is 2.07.